The van der Waals surface area contributed by atoms with Crippen molar-refractivity contribution in [3.63, 3.8) is 0 Å². The van der Waals surface area contributed by atoms with Crippen molar-refractivity contribution in [3.05, 3.63) is 18.2 Å². The number of anilines is 1. The van der Waals surface area contributed by atoms with Crippen LogP contribution in [-0.2, 0) is 0 Å². The molecule has 11 heavy (non-hydrogen) atoms. The van der Waals surface area contributed by atoms with Crippen molar-refractivity contribution in [1.82, 2.24) is 0 Å². The first kappa shape index (κ1) is 6.22. The smallest absolute Gasteiger partial charge is 0.117 e. The molecule has 0 bridgehead atoms. The lowest BCUT2D eigenvalue weighted by molar-refractivity contribution is 0.475. The summed E-state index contributed by atoms with van der Waals surface area (Å²) in [5, 5.41) is 12.2. The molecule has 3 heteroatoms. The van der Waals surface area contributed by atoms with Gasteiger partial charge >= 0.3 is 0 Å². The average molecular weight is 148 g/mol. The van der Waals surface area contributed by atoms with Gasteiger partial charge in [-0.15, -0.1) is 0 Å². The van der Waals surface area contributed by atoms with Gasteiger partial charge < -0.3 is 10.4 Å². The van der Waals surface area contributed by atoms with E-state index in [1.807, 2.05) is 0 Å². The quantitative estimate of drug-likeness (QED) is 0.585. The summed E-state index contributed by atoms with van der Waals surface area (Å²) in [6.07, 6.45) is 1.80. The third kappa shape index (κ3) is 1.05. The van der Waals surface area contributed by atoms with Crippen LogP contribution in [-0.4, -0.2) is 17.9 Å². The summed E-state index contributed by atoms with van der Waals surface area (Å²) in [7, 11) is 0. The Morgan fingerprint density at radius 1 is 1.45 bits per heavy atom. The first-order chi connectivity index (χ1) is 5.36. The second-order valence-corrected chi connectivity index (χ2v) is 2.39. The molecule has 0 aromatic heterocycles. The van der Waals surface area contributed by atoms with E-state index < -0.39 is 0 Å². The van der Waals surface area contributed by atoms with Crippen molar-refractivity contribution < 1.29 is 5.11 Å². The molecular formula is C8H8N2O. The van der Waals surface area contributed by atoms with Gasteiger partial charge in [0, 0.05) is 12.3 Å². The van der Waals surface area contributed by atoms with E-state index in [1.54, 1.807) is 24.4 Å². The molecule has 2 N–H and O–H groups in total. The summed E-state index contributed by atoms with van der Waals surface area (Å²) in [6, 6.07) is 5.09. The fraction of sp³-hybridized carbons (Fsp3) is 0.125. The van der Waals surface area contributed by atoms with Crippen molar-refractivity contribution in [2.75, 3.05) is 11.9 Å². The highest BCUT2D eigenvalue weighted by Crippen LogP contribution is 2.29. The number of aliphatic imine (C=N–C) groups is 1. The molecule has 2 rings (SSSR count). The Morgan fingerprint density at radius 2 is 2.36 bits per heavy atom. The Kier molecular flexibility index (Phi) is 1.28. The molecule has 0 saturated carbocycles. The maximum atomic E-state index is 9.10. The largest absolute Gasteiger partial charge is 0.508 e. The minimum Gasteiger partial charge on any atom is -0.508 e. The van der Waals surface area contributed by atoms with E-state index in [2.05, 4.69) is 10.3 Å². The standard InChI is InChI=1S/C8H8N2O/c11-6-1-2-7-8(5-6)10-4-3-9-7/h1-3,5,10-11H,4H2. The predicted molar refractivity (Wildman–Crippen MR) is 44.7 cm³/mol. The summed E-state index contributed by atoms with van der Waals surface area (Å²) in [4.78, 5) is 4.14. The van der Waals surface area contributed by atoms with Crippen LogP contribution in [0.15, 0.2) is 23.2 Å². The number of hydrogen-bond acceptors (Lipinski definition) is 3. The molecule has 56 valence electrons. The second kappa shape index (κ2) is 2.27. The maximum absolute atomic E-state index is 9.10. The summed E-state index contributed by atoms with van der Waals surface area (Å²) in [6.45, 7) is 0.733. The zero-order valence-electron chi connectivity index (χ0n) is 5.91. The number of nitrogens with zero attached hydrogens (tertiary/aromatic N) is 1. The number of fused-ring (bicyclic) bond motifs is 1. The molecule has 0 amide bonds. The summed E-state index contributed by atoms with van der Waals surface area (Å²) in [5.41, 5.74) is 1.78. The van der Waals surface area contributed by atoms with E-state index in [9.17, 15) is 0 Å². The molecule has 0 radical (unpaired) electrons. The summed E-state index contributed by atoms with van der Waals surface area (Å²) in [5.74, 6) is 0.272. The van der Waals surface area contributed by atoms with Crippen molar-refractivity contribution in [2.24, 2.45) is 4.99 Å². The number of nitrogens with one attached hydrogen (secondary N) is 1. The van der Waals surface area contributed by atoms with Crippen LogP contribution >= 0.6 is 0 Å². The van der Waals surface area contributed by atoms with Crippen molar-refractivity contribution in [3.8, 4) is 5.75 Å². The fourth-order valence-electron chi connectivity index (χ4n) is 1.08. The molecule has 1 aromatic rings. The Bertz CT molecular complexity index is 307. The molecule has 3 nitrogen and oxygen atoms in total. The Hall–Kier alpha value is -1.51. The number of benzene rings is 1. The molecule has 0 spiro atoms. The summed E-state index contributed by atoms with van der Waals surface area (Å²) >= 11 is 0. The van der Waals surface area contributed by atoms with Gasteiger partial charge in [0.25, 0.3) is 0 Å². The Morgan fingerprint density at radius 3 is 3.27 bits per heavy atom. The molecule has 1 aliphatic heterocycles. The SMILES string of the molecule is Oc1ccc2c(c1)NCC=N2. The van der Waals surface area contributed by atoms with E-state index in [4.69, 9.17) is 5.11 Å². The highest BCUT2D eigenvalue weighted by atomic mass is 16.3. The number of rotatable bonds is 0. The Balaban J connectivity index is 2.53. The first-order valence-electron chi connectivity index (χ1n) is 3.46. The van der Waals surface area contributed by atoms with Gasteiger partial charge in [-0.3, -0.25) is 4.99 Å². The van der Waals surface area contributed by atoms with Crippen LogP contribution < -0.4 is 5.32 Å². The topological polar surface area (TPSA) is 44.6 Å². The van der Waals surface area contributed by atoms with Gasteiger partial charge in [-0.1, -0.05) is 0 Å². The zero-order chi connectivity index (χ0) is 7.68. The van der Waals surface area contributed by atoms with E-state index in [1.165, 1.54) is 0 Å². The van der Waals surface area contributed by atoms with Gasteiger partial charge in [0.2, 0.25) is 0 Å². The number of hydrogen-bond donors (Lipinski definition) is 2. The molecule has 0 fully saturated rings. The van der Waals surface area contributed by atoms with Gasteiger partial charge in [-0.05, 0) is 12.1 Å². The van der Waals surface area contributed by atoms with Crippen LogP contribution in [0, 0.1) is 0 Å². The van der Waals surface area contributed by atoms with Crippen LogP contribution in [0.1, 0.15) is 0 Å². The monoisotopic (exact) mass is 148 g/mol. The van der Waals surface area contributed by atoms with Gasteiger partial charge in [-0.2, -0.15) is 0 Å². The molecule has 1 aromatic carbocycles. The van der Waals surface area contributed by atoms with Crippen LogP contribution in [0.4, 0.5) is 11.4 Å². The van der Waals surface area contributed by atoms with Gasteiger partial charge in [0.05, 0.1) is 17.9 Å². The lowest BCUT2D eigenvalue weighted by Gasteiger charge is -2.11. The molecular weight excluding hydrogens is 140 g/mol. The van der Waals surface area contributed by atoms with E-state index in [-0.39, 0.29) is 5.75 Å². The summed E-state index contributed by atoms with van der Waals surface area (Å²) < 4.78 is 0. The van der Waals surface area contributed by atoms with Crippen LogP contribution in [0.5, 0.6) is 5.75 Å². The van der Waals surface area contributed by atoms with Crippen LogP contribution in [0.3, 0.4) is 0 Å². The fourth-order valence-corrected chi connectivity index (χ4v) is 1.08. The third-order valence-corrected chi connectivity index (χ3v) is 1.59. The molecule has 0 saturated heterocycles. The highest BCUT2D eigenvalue weighted by molar-refractivity contribution is 5.80. The molecule has 0 aliphatic carbocycles. The minimum absolute atomic E-state index is 0.272. The van der Waals surface area contributed by atoms with Crippen molar-refractivity contribution in [1.29, 1.82) is 0 Å². The molecule has 0 unspecified atom stereocenters. The molecule has 1 heterocycles. The van der Waals surface area contributed by atoms with Crippen LogP contribution in [0.2, 0.25) is 0 Å². The lowest BCUT2D eigenvalue weighted by Crippen LogP contribution is -2.05. The highest BCUT2D eigenvalue weighted by Gasteiger charge is 2.03. The van der Waals surface area contributed by atoms with E-state index in [0.717, 1.165) is 17.9 Å². The predicted octanol–water partition coefficient (Wildman–Crippen LogP) is 1.52. The third-order valence-electron chi connectivity index (χ3n) is 1.59. The number of aromatic hydroxyl groups is 1. The van der Waals surface area contributed by atoms with E-state index in [0.29, 0.717) is 0 Å². The lowest BCUT2D eigenvalue weighted by atomic mass is 10.2. The van der Waals surface area contributed by atoms with Gasteiger partial charge in [0.15, 0.2) is 0 Å². The van der Waals surface area contributed by atoms with Crippen LogP contribution in [0.25, 0.3) is 0 Å². The van der Waals surface area contributed by atoms with Crippen molar-refractivity contribution in [2.45, 2.75) is 0 Å². The molecule has 1 aliphatic rings. The number of phenols is 1. The second-order valence-electron chi connectivity index (χ2n) is 2.39. The minimum atomic E-state index is 0.272. The normalized spacial score (nSPS) is 13.8. The van der Waals surface area contributed by atoms with E-state index >= 15 is 0 Å². The van der Waals surface area contributed by atoms with Gasteiger partial charge in [-0.25, -0.2) is 0 Å². The van der Waals surface area contributed by atoms with Crippen molar-refractivity contribution >= 4 is 17.6 Å². The first-order valence-corrected chi connectivity index (χ1v) is 3.46. The maximum Gasteiger partial charge on any atom is 0.117 e. The average Bonchev–Trinajstić information content (AvgIpc) is 2.04. The number of phenolic OH excluding ortho intramolecular Hbond substituents is 1. The molecule has 0 atom stereocenters. The zero-order valence-corrected chi connectivity index (χ0v) is 5.91. The Labute approximate surface area is 64.4 Å². The van der Waals surface area contributed by atoms with Gasteiger partial charge in [0.1, 0.15) is 5.75 Å².